The van der Waals surface area contributed by atoms with Crippen LogP contribution >= 0.6 is 7.82 Å². The van der Waals surface area contributed by atoms with Gasteiger partial charge in [-0.05, 0) is 70.6 Å². The van der Waals surface area contributed by atoms with Gasteiger partial charge in [0.1, 0.15) is 13.2 Å². The van der Waals surface area contributed by atoms with E-state index in [1.54, 1.807) is 6.08 Å². The number of phosphoric ester groups is 1. The fourth-order valence-electron chi connectivity index (χ4n) is 9.66. The number of quaternary nitrogens is 1. The third kappa shape index (κ3) is 60.0. The molecule has 3 atom stereocenters. The average molecular weight is 1080 g/mol. The minimum Gasteiger partial charge on any atom is -0.387 e. The SMILES string of the molecule is CCCCCCCCCCCCCC/C=C\CCCCCCCCCCCCCCC(=O)NC(COP(=O)(O)OCC[N+](C)(C)C)C(O)/C=C/CC/C=C/CC/C=C/CCCCCCCCCCCCCCCCC. The molecule has 1 amide bonds. The molecule has 0 aromatic carbocycles. The van der Waals surface area contributed by atoms with E-state index >= 15 is 0 Å². The highest BCUT2D eigenvalue weighted by Gasteiger charge is 2.27. The normalized spacial score (nSPS) is 14.1. The molecule has 0 saturated heterocycles. The molecule has 0 aliphatic carbocycles. The van der Waals surface area contributed by atoms with Crippen LogP contribution in [0.25, 0.3) is 0 Å². The van der Waals surface area contributed by atoms with E-state index in [0.29, 0.717) is 17.4 Å². The van der Waals surface area contributed by atoms with Gasteiger partial charge in [-0.25, -0.2) is 4.57 Å². The first-order chi connectivity index (χ1) is 36.5. The summed E-state index contributed by atoms with van der Waals surface area (Å²) in [5.74, 6) is -0.188. The van der Waals surface area contributed by atoms with E-state index in [0.717, 1.165) is 44.9 Å². The third-order valence-electron chi connectivity index (χ3n) is 14.7. The van der Waals surface area contributed by atoms with Crippen molar-refractivity contribution in [2.24, 2.45) is 0 Å². The van der Waals surface area contributed by atoms with E-state index in [2.05, 4.69) is 55.6 Å². The fourth-order valence-corrected chi connectivity index (χ4v) is 10.4. The summed E-state index contributed by atoms with van der Waals surface area (Å²) < 4.78 is 23.8. The highest BCUT2D eigenvalue weighted by Crippen LogP contribution is 2.43. The van der Waals surface area contributed by atoms with Gasteiger partial charge in [0, 0.05) is 6.42 Å². The largest absolute Gasteiger partial charge is 0.472 e. The van der Waals surface area contributed by atoms with Crippen LogP contribution in [0.5, 0.6) is 0 Å². The maximum Gasteiger partial charge on any atom is 0.472 e. The number of amides is 1. The second kappa shape index (κ2) is 57.2. The molecule has 0 spiro atoms. The monoisotopic (exact) mass is 1080 g/mol. The van der Waals surface area contributed by atoms with Crippen molar-refractivity contribution in [3.63, 3.8) is 0 Å². The van der Waals surface area contributed by atoms with E-state index in [4.69, 9.17) is 9.05 Å². The smallest absolute Gasteiger partial charge is 0.387 e. The Labute approximate surface area is 467 Å². The molecule has 9 heteroatoms. The third-order valence-corrected chi connectivity index (χ3v) is 15.7. The molecule has 0 saturated carbocycles. The molecule has 442 valence electrons. The first-order valence-corrected chi connectivity index (χ1v) is 34.0. The summed E-state index contributed by atoms with van der Waals surface area (Å²) in [6.45, 7) is 4.83. The summed E-state index contributed by atoms with van der Waals surface area (Å²) >= 11 is 0. The van der Waals surface area contributed by atoms with Crippen molar-refractivity contribution in [3.05, 3.63) is 48.6 Å². The minimum atomic E-state index is -4.36. The lowest BCUT2D eigenvalue weighted by Crippen LogP contribution is -2.45. The maximum absolute atomic E-state index is 13.0. The predicted molar refractivity (Wildman–Crippen MR) is 327 cm³/mol. The van der Waals surface area contributed by atoms with Crippen molar-refractivity contribution in [2.45, 2.75) is 328 Å². The number of carbonyl (C=O) groups excluding carboxylic acids is 1. The number of likely N-dealkylation sites (N-methyl/N-ethyl adjacent to an activating group) is 1. The molecule has 0 rings (SSSR count). The molecule has 0 aliphatic heterocycles. The molecular weight excluding hydrogens is 948 g/mol. The van der Waals surface area contributed by atoms with E-state index in [9.17, 15) is 19.4 Å². The molecule has 8 nitrogen and oxygen atoms in total. The number of nitrogens with one attached hydrogen (secondary N) is 1. The molecule has 0 aromatic rings. The van der Waals surface area contributed by atoms with Gasteiger partial charge in [0.25, 0.3) is 0 Å². The van der Waals surface area contributed by atoms with Crippen LogP contribution in [0.2, 0.25) is 0 Å². The van der Waals surface area contributed by atoms with Crippen LogP contribution in [0.4, 0.5) is 0 Å². The van der Waals surface area contributed by atoms with Crippen molar-refractivity contribution in [1.82, 2.24) is 5.32 Å². The van der Waals surface area contributed by atoms with Crippen LogP contribution in [0, 0.1) is 0 Å². The van der Waals surface area contributed by atoms with Gasteiger partial charge in [0.15, 0.2) is 0 Å². The summed E-state index contributed by atoms with van der Waals surface area (Å²) in [4.78, 5) is 23.4. The Balaban J connectivity index is 4.18. The van der Waals surface area contributed by atoms with E-state index in [1.165, 1.54) is 250 Å². The number of nitrogens with zero attached hydrogens (tertiary/aromatic N) is 1. The van der Waals surface area contributed by atoms with Crippen molar-refractivity contribution < 1.29 is 32.9 Å². The fraction of sp³-hybridized carbons (Fsp3) is 0.864. The molecule has 0 aliphatic rings. The average Bonchev–Trinajstić information content (AvgIpc) is 3.37. The van der Waals surface area contributed by atoms with Crippen LogP contribution in [0.1, 0.15) is 316 Å². The maximum atomic E-state index is 13.0. The number of aliphatic hydroxyl groups excluding tert-OH is 1. The van der Waals surface area contributed by atoms with Gasteiger partial charge in [-0.15, -0.1) is 0 Å². The van der Waals surface area contributed by atoms with E-state index in [-0.39, 0.29) is 19.1 Å². The zero-order valence-electron chi connectivity index (χ0n) is 50.6. The topological polar surface area (TPSA) is 105 Å². The van der Waals surface area contributed by atoms with Crippen LogP contribution in [0.3, 0.4) is 0 Å². The highest BCUT2D eigenvalue weighted by atomic mass is 31.2. The Morgan fingerprint density at radius 1 is 0.440 bits per heavy atom. The molecular formula is C66H128N2O6P+. The molecule has 0 fully saturated rings. The van der Waals surface area contributed by atoms with Crippen molar-refractivity contribution >= 4 is 13.7 Å². The van der Waals surface area contributed by atoms with Crippen LogP contribution in [0.15, 0.2) is 48.6 Å². The van der Waals surface area contributed by atoms with Gasteiger partial charge in [-0.3, -0.25) is 13.8 Å². The van der Waals surface area contributed by atoms with Gasteiger partial charge in [-0.1, -0.05) is 287 Å². The van der Waals surface area contributed by atoms with Gasteiger partial charge < -0.3 is 19.8 Å². The minimum absolute atomic E-state index is 0.0535. The first-order valence-electron chi connectivity index (χ1n) is 32.5. The number of aliphatic hydroxyl groups is 1. The van der Waals surface area contributed by atoms with Crippen LogP contribution in [-0.4, -0.2) is 73.4 Å². The summed E-state index contributed by atoms with van der Waals surface area (Å²) in [5.41, 5.74) is 0. The number of allylic oxidation sites excluding steroid dienone is 7. The molecule has 3 N–H and O–H groups in total. The van der Waals surface area contributed by atoms with E-state index < -0.39 is 20.0 Å². The Morgan fingerprint density at radius 3 is 1.07 bits per heavy atom. The van der Waals surface area contributed by atoms with Gasteiger partial charge in [0.05, 0.1) is 39.9 Å². The van der Waals surface area contributed by atoms with Gasteiger partial charge in [0.2, 0.25) is 5.91 Å². The molecule has 0 radical (unpaired) electrons. The predicted octanol–water partition coefficient (Wildman–Crippen LogP) is 20.3. The number of rotatable bonds is 60. The Morgan fingerprint density at radius 2 is 0.733 bits per heavy atom. The van der Waals surface area contributed by atoms with Crippen molar-refractivity contribution in [1.29, 1.82) is 0 Å². The lowest BCUT2D eigenvalue weighted by atomic mass is 10.0. The number of hydrogen-bond donors (Lipinski definition) is 3. The zero-order valence-corrected chi connectivity index (χ0v) is 51.4. The van der Waals surface area contributed by atoms with E-state index in [1.807, 2.05) is 27.2 Å². The first kappa shape index (κ1) is 73.5. The number of unbranched alkanes of at least 4 members (excludes halogenated alkanes) is 41. The number of phosphoric acid groups is 1. The number of carbonyl (C=O) groups is 1. The van der Waals surface area contributed by atoms with Gasteiger partial charge in [-0.2, -0.15) is 0 Å². The lowest BCUT2D eigenvalue weighted by Gasteiger charge is -2.25. The van der Waals surface area contributed by atoms with Crippen LogP contribution in [-0.2, 0) is 18.4 Å². The highest BCUT2D eigenvalue weighted by molar-refractivity contribution is 7.47. The second-order valence-corrected chi connectivity index (χ2v) is 24.9. The van der Waals surface area contributed by atoms with Crippen molar-refractivity contribution in [2.75, 3.05) is 40.9 Å². The standard InChI is InChI=1S/C66H127N2O6P/c1-6-8-10-12-14-16-18-20-22-24-26-28-30-32-33-34-36-38-40-42-44-46-48-50-52-54-56-58-60-66(70)67-64(63-74-75(71,72)73-62-61-68(3,4)5)65(69)59-57-55-53-51-49-47-45-43-41-39-37-35-31-29-27-25-23-21-19-17-15-13-11-9-7-2/h32-33,41,43,49,51,57,59,64-65,69H,6-31,34-40,42,44-48,50,52-56,58,60-63H2,1-5H3,(H-,67,70,71,72)/p+1/b33-32-,43-41+,51-49+,59-57+. The summed E-state index contributed by atoms with van der Waals surface area (Å²) in [6, 6.07) is -0.872. The van der Waals surface area contributed by atoms with Crippen molar-refractivity contribution in [3.8, 4) is 0 Å². The lowest BCUT2D eigenvalue weighted by molar-refractivity contribution is -0.870. The Hall–Kier alpha value is -1.54. The quantitative estimate of drug-likeness (QED) is 0.0243. The number of hydrogen-bond acceptors (Lipinski definition) is 5. The second-order valence-electron chi connectivity index (χ2n) is 23.5. The summed E-state index contributed by atoms with van der Waals surface area (Å²) in [5, 5.41) is 14.0. The molecule has 3 unspecified atom stereocenters. The molecule has 75 heavy (non-hydrogen) atoms. The molecule has 0 aromatic heterocycles. The Bertz CT molecular complexity index is 1360. The zero-order chi connectivity index (χ0) is 54.9. The molecule has 0 heterocycles. The summed E-state index contributed by atoms with van der Waals surface area (Å²) in [6.07, 6.45) is 76.7. The molecule has 0 bridgehead atoms. The Kier molecular flexibility index (Phi) is 56.0. The van der Waals surface area contributed by atoms with Gasteiger partial charge >= 0.3 is 7.82 Å². The van der Waals surface area contributed by atoms with Crippen LogP contribution < -0.4 is 5.32 Å². The summed E-state index contributed by atoms with van der Waals surface area (Å²) in [7, 11) is 1.55.